The smallest absolute Gasteiger partial charge is 0.330 e. The molecule has 2 rings (SSSR count). The van der Waals surface area contributed by atoms with E-state index in [1.54, 1.807) is 45.3 Å². The van der Waals surface area contributed by atoms with Crippen molar-refractivity contribution in [3.63, 3.8) is 0 Å². The lowest BCUT2D eigenvalue weighted by molar-refractivity contribution is -0.143. The van der Waals surface area contributed by atoms with Crippen LogP contribution in [0.2, 0.25) is 0 Å². The van der Waals surface area contributed by atoms with Crippen molar-refractivity contribution in [2.24, 2.45) is 0 Å². The molecule has 0 bridgehead atoms. The molecule has 0 radical (unpaired) electrons. The van der Waals surface area contributed by atoms with Gasteiger partial charge in [0.15, 0.2) is 0 Å². The average Bonchev–Trinajstić information content (AvgIpc) is 2.84. The van der Waals surface area contributed by atoms with Gasteiger partial charge in [-0.05, 0) is 63.0 Å². The Morgan fingerprint density at radius 3 is 2.09 bits per heavy atom. The van der Waals surface area contributed by atoms with Gasteiger partial charge in [0.25, 0.3) is 5.91 Å². The second kappa shape index (κ2) is 13.4. The first-order chi connectivity index (χ1) is 15.9. The minimum atomic E-state index is -0.783. The molecule has 2 aromatic rings. The van der Waals surface area contributed by atoms with Crippen LogP contribution in [-0.2, 0) is 20.8 Å². The summed E-state index contributed by atoms with van der Waals surface area (Å²) in [6.45, 7) is 4.24. The number of nitrogens with one attached hydrogen (secondary N) is 2. The molecule has 7 nitrogen and oxygen atoms in total. The molecule has 0 unspecified atom stereocenters. The predicted molar refractivity (Wildman–Crippen MR) is 129 cm³/mol. The van der Waals surface area contributed by atoms with E-state index in [-0.39, 0.29) is 11.9 Å². The van der Waals surface area contributed by atoms with Crippen LogP contribution in [0, 0.1) is 11.8 Å². The summed E-state index contributed by atoms with van der Waals surface area (Å²) in [5, 5.41) is 5.68. The van der Waals surface area contributed by atoms with Gasteiger partial charge < -0.3 is 20.1 Å². The predicted octanol–water partition coefficient (Wildman–Crippen LogP) is 2.04. The lowest BCUT2D eigenvalue weighted by Crippen LogP contribution is -2.52. The number of benzene rings is 2. The monoisotopic (exact) mass is 451 g/mol. The molecule has 0 heterocycles. The number of hydrogen-bond acceptors (Lipinski definition) is 6. The van der Waals surface area contributed by atoms with Gasteiger partial charge in [0.2, 0.25) is 0 Å². The molecule has 0 spiro atoms. The fourth-order valence-electron chi connectivity index (χ4n) is 3.09. The largest absolute Gasteiger partial charge is 0.467 e. The fraction of sp³-hybridized carbons (Fsp3) is 0.385. The molecule has 0 saturated carbocycles. The van der Waals surface area contributed by atoms with Crippen molar-refractivity contribution in [1.82, 2.24) is 15.5 Å². The van der Waals surface area contributed by atoms with Gasteiger partial charge in [-0.3, -0.25) is 9.69 Å². The third kappa shape index (κ3) is 8.35. The van der Waals surface area contributed by atoms with Crippen molar-refractivity contribution in [3.8, 4) is 11.8 Å². The third-order valence-corrected chi connectivity index (χ3v) is 5.28. The van der Waals surface area contributed by atoms with Gasteiger partial charge in [-0.15, -0.1) is 0 Å². The molecule has 33 heavy (non-hydrogen) atoms. The molecule has 0 saturated heterocycles. The highest BCUT2D eigenvalue weighted by Crippen LogP contribution is 2.08. The summed E-state index contributed by atoms with van der Waals surface area (Å²) in [6.07, 6.45) is 0. The summed E-state index contributed by atoms with van der Waals surface area (Å²) in [6, 6.07) is 14.1. The van der Waals surface area contributed by atoms with Gasteiger partial charge in [-0.25, -0.2) is 4.79 Å². The van der Waals surface area contributed by atoms with Crippen LogP contribution >= 0.6 is 0 Å². The van der Waals surface area contributed by atoms with Crippen molar-refractivity contribution in [2.75, 3.05) is 41.5 Å². The summed E-state index contributed by atoms with van der Waals surface area (Å²) in [5.41, 5.74) is 3.37. The van der Waals surface area contributed by atoms with Crippen LogP contribution in [0.15, 0.2) is 48.5 Å². The zero-order valence-electron chi connectivity index (χ0n) is 20.0. The molecule has 0 aliphatic heterocycles. The van der Waals surface area contributed by atoms with Crippen molar-refractivity contribution in [1.29, 1.82) is 0 Å². The van der Waals surface area contributed by atoms with Crippen LogP contribution in [0.4, 0.5) is 0 Å². The quantitative estimate of drug-likeness (QED) is 0.425. The number of hydrogen-bond donors (Lipinski definition) is 2. The molecule has 0 fully saturated rings. The highest BCUT2D eigenvalue weighted by Gasteiger charge is 2.27. The van der Waals surface area contributed by atoms with Crippen LogP contribution in [0.1, 0.15) is 34.0 Å². The number of carbonyl (C=O) groups excluding carboxylic acids is 2. The molecular weight excluding hydrogens is 418 g/mol. The lowest BCUT2D eigenvalue weighted by atomic mass is 10.1. The standard InChI is InChI=1S/C26H33N3O4/c1-19(27-2)24(26(31)33-5)28-25(30)23-14-12-21(13-15-23)7-6-20-8-10-22(11-9-20)18-29(3)16-17-32-4/h8-15,19,24,27H,16-18H2,1-5H3,(H,28,30)/t19-,24+/m1/s1. The topological polar surface area (TPSA) is 79.9 Å². The Morgan fingerprint density at radius 1 is 1.00 bits per heavy atom. The first kappa shape index (κ1) is 26.1. The summed E-state index contributed by atoms with van der Waals surface area (Å²) in [4.78, 5) is 26.7. The first-order valence-corrected chi connectivity index (χ1v) is 10.8. The van der Waals surface area contributed by atoms with E-state index in [2.05, 4.69) is 46.6 Å². The van der Waals surface area contributed by atoms with Crippen LogP contribution in [0.5, 0.6) is 0 Å². The van der Waals surface area contributed by atoms with E-state index in [9.17, 15) is 9.59 Å². The normalized spacial score (nSPS) is 12.4. The van der Waals surface area contributed by atoms with E-state index in [0.717, 1.165) is 24.2 Å². The Hall–Kier alpha value is -3.18. The second-order valence-electron chi connectivity index (χ2n) is 7.81. The zero-order valence-corrected chi connectivity index (χ0v) is 20.0. The van der Waals surface area contributed by atoms with Crippen molar-refractivity contribution < 1.29 is 19.1 Å². The Morgan fingerprint density at radius 2 is 1.58 bits per heavy atom. The Labute approximate surface area is 196 Å². The molecule has 7 heteroatoms. The molecular formula is C26H33N3O4. The van der Waals surface area contributed by atoms with Gasteiger partial charge >= 0.3 is 5.97 Å². The molecule has 176 valence electrons. The molecule has 2 atom stereocenters. The highest BCUT2D eigenvalue weighted by atomic mass is 16.5. The molecule has 0 aliphatic rings. The maximum absolute atomic E-state index is 12.6. The number of ether oxygens (including phenoxy) is 2. The van der Waals surface area contributed by atoms with Crippen LogP contribution in [0.25, 0.3) is 0 Å². The molecule has 2 aromatic carbocycles. The zero-order chi connectivity index (χ0) is 24.2. The van der Waals surface area contributed by atoms with Gasteiger partial charge in [0.05, 0.1) is 13.7 Å². The SMILES string of the molecule is CN[C@H](C)[C@H](NC(=O)c1ccc(C#Cc2ccc(CN(C)CCOC)cc2)cc1)C(=O)OC. The summed E-state index contributed by atoms with van der Waals surface area (Å²) < 4.78 is 9.89. The van der Waals surface area contributed by atoms with E-state index in [0.29, 0.717) is 12.2 Å². The van der Waals surface area contributed by atoms with Gasteiger partial charge in [0.1, 0.15) is 6.04 Å². The second-order valence-corrected chi connectivity index (χ2v) is 7.81. The van der Waals surface area contributed by atoms with E-state index in [4.69, 9.17) is 9.47 Å². The summed E-state index contributed by atoms with van der Waals surface area (Å²) in [7, 11) is 6.78. The van der Waals surface area contributed by atoms with Crippen LogP contribution in [-0.4, -0.2) is 70.3 Å². The number of esters is 1. The molecule has 2 N–H and O–H groups in total. The number of nitrogens with zero attached hydrogens (tertiary/aromatic N) is 1. The Bertz CT molecular complexity index is 962. The third-order valence-electron chi connectivity index (χ3n) is 5.28. The number of methoxy groups -OCH3 is 2. The number of amides is 1. The van der Waals surface area contributed by atoms with E-state index >= 15 is 0 Å². The Balaban J connectivity index is 1.99. The highest BCUT2D eigenvalue weighted by molar-refractivity contribution is 5.97. The van der Waals surface area contributed by atoms with E-state index < -0.39 is 12.0 Å². The molecule has 0 aliphatic carbocycles. The van der Waals surface area contributed by atoms with E-state index in [1.807, 2.05) is 12.1 Å². The summed E-state index contributed by atoms with van der Waals surface area (Å²) in [5.74, 6) is 5.42. The van der Waals surface area contributed by atoms with E-state index in [1.165, 1.54) is 12.7 Å². The minimum Gasteiger partial charge on any atom is -0.467 e. The van der Waals surface area contributed by atoms with Crippen molar-refractivity contribution in [3.05, 3.63) is 70.8 Å². The van der Waals surface area contributed by atoms with Crippen molar-refractivity contribution in [2.45, 2.75) is 25.6 Å². The van der Waals surface area contributed by atoms with Gasteiger partial charge in [0, 0.05) is 42.9 Å². The average molecular weight is 452 g/mol. The van der Waals surface area contributed by atoms with Gasteiger partial charge in [-0.2, -0.15) is 0 Å². The number of carbonyl (C=O) groups is 2. The summed E-state index contributed by atoms with van der Waals surface area (Å²) >= 11 is 0. The molecule has 1 amide bonds. The number of rotatable bonds is 10. The Kier molecular flexibility index (Phi) is 10.6. The van der Waals surface area contributed by atoms with Crippen molar-refractivity contribution >= 4 is 11.9 Å². The molecule has 0 aromatic heterocycles. The maximum atomic E-state index is 12.6. The number of likely N-dealkylation sites (N-methyl/N-ethyl adjacent to an activating group) is 2. The maximum Gasteiger partial charge on any atom is 0.330 e. The lowest BCUT2D eigenvalue weighted by Gasteiger charge is -2.22. The fourth-order valence-corrected chi connectivity index (χ4v) is 3.09. The minimum absolute atomic E-state index is 0.274. The van der Waals surface area contributed by atoms with Crippen LogP contribution < -0.4 is 10.6 Å². The van der Waals surface area contributed by atoms with Gasteiger partial charge in [-0.1, -0.05) is 24.0 Å². The first-order valence-electron chi connectivity index (χ1n) is 10.8. The van der Waals surface area contributed by atoms with Crippen LogP contribution in [0.3, 0.4) is 0 Å².